The highest BCUT2D eigenvalue weighted by atomic mass is 79.9. The Kier molecular flexibility index (Phi) is 9.61. The van der Waals surface area contributed by atoms with Crippen LogP contribution in [0.25, 0.3) is 16.9 Å². The van der Waals surface area contributed by atoms with Gasteiger partial charge < -0.3 is 20.1 Å². The van der Waals surface area contributed by atoms with Gasteiger partial charge in [-0.05, 0) is 86.5 Å². The summed E-state index contributed by atoms with van der Waals surface area (Å²) in [5.74, 6) is -0.115. The van der Waals surface area contributed by atoms with Gasteiger partial charge in [-0.1, -0.05) is 46.3 Å². The molecule has 3 aromatic carbocycles. The van der Waals surface area contributed by atoms with Crippen molar-refractivity contribution in [2.24, 2.45) is 0 Å². The third-order valence-electron chi connectivity index (χ3n) is 8.41. The van der Waals surface area contributed by atoms with Crippen molar-refractivity contribution in [3.05, 3.63) is 134 Å². The molecule has 0 fully saturated rings. The molecule has 0 radical (unpaired) electrons. The number of aromatic nitrogens is 3. The number of benzene rings is 3. The van der Waals surface area contributed by atoms with Crippen LogP contribution in [0.3, 0.4) is 0 Å². The number of fused-ring (bicyclic) bond motifs is 1. The van der Waals surface area contributed by atoms with Gasteiger partial charge in [-0.2, -0.15) is 0 Å². The summed E-state index contributed by atoms with van der Waals surface area (Å²) in [5.41, 5.74) is 4.70. The number of pyridine rings is 1. The lowest BCUT2D eigenvalue weighted by Gasteiger charge is -2.34. The van der Waals surface area contributed by atoms with Gasteiger partial charge in [0.15, 0.2) is 0 Å². The van der Waals surface area contributed by atoms with Gasteiger partial charge in [-0.25, -0.2) is 4.79 Å². The van der Waals surface area contributed by atoms with Crippen molar-refractivity contribution in [1.29, 1.82) is 0 Å². The van der Waals surface area contributed by atoms with Crippen LogP contribution < -0.4 is 15.7 Å². The zero-order chi connectivity index (χ0) is 33.9. The van der Waals surface area contributed by atoms with Gasteiger partial charge in [0.05, 0.1) is 29.7 Å². The van der Waals surface area contributed by atoms with Crippen LogP contribution in [0.2, 0.25) is 0 Å². The maximum absolute atomic E-state index is 14.2. The van der Waals surface area contributed by atoms with Crippen molar-refractivity contribution >= 4 is 27.7 Å². The van der Waals surface area contributed by atoms with Crippen molar-refractivity contribution in [3.63, 3.8) is 0 Å². The monoisotopic (exact) mass is 709 g/mol. The Bertz CT molecular complexity index is 2020. The number of ether oxygens (including phenoxy) is 1. The standard InChI is InChI=1S/C37H36BrN5O5/c1-23-18-26(11-16-31(23)38)36(46)41-21-33-34(35(45)40-19-27-8-4-5-9-30(27)32-10-6-7-17-39-32)43(37(47)42(33)20-24(41)2)28-12-14-29(15-13-28)48-22-25(3)44/h4-18,24-25,44H,19-22H2,1-3H3,(H,40,45)/t24?,25-/m0/s1. The zero-order valence-electron chi connectivity index (χ0n) is 26.9. The number of aliphatic hydroxyl groups is 1. The van der Waals surface area contributed by atoms with E-state index in [-0.39, 0.29) is 49.6 Å². The number of nitrogens with zero attached hydrogens (tertiary/aromatic N) is 4. The molecule has 5 aromatic rings. The first-order valence-corrected chi connectivity index (χ1v) is 16.5. The molecular formula is C37H36BrN5O5. The summed E-state index contributed by atoms with van der Waals surface area (Å²) in [7, 11) is 0. The molecule has 48 heavy (non-hydrogen) atoms. The molecule has 1 aliphatic rings. The molecule has 246 valence electrons. The normalized spacial score (nSPS) is 14.7. The predicted molar refractivity (Wildman–Crippen MR) is 186 cm³/mol. The minimum Gasteiger partial charge on any atom is -0.491 e. The van der Waals surface area contributed by atoms with E-state index in [0.717, 1.165) is 26.9 Å². The largest absolute Gasteiger partial charge is 0.491 e. The van der Waals surface area contributed by atoms with Crippen LogP contribution in [-0.2, 0) is 19.6 Å². The third kappa shape index (κ3) is 6.69. The highest BCUT2D eigenvalue weighted by Gasteiger charge is 2.35. The second-order valence-electron chi connectivity index (χ2n) is 12.0. The van der Waals surface area contributed by atoms with Gasteiger partial charge in [0.1, 0.15) is 18.1 Å². The highest BCUT2D eigenvalue weighted by Crippen LogP contribution is 2.27. The molecule has 10 nitrogen and oxygen atoms in total. The second-order valence-corrected chi connectivity index (χ2v) is 12.8. The van der Waals surface area contributed by atoms with Crippen molar-refractivity contribution in [2.45, 2.75) is 52.6 Å². The van der Waals surface area contributed by atoms with Crippen molar-refractivity contribution in [3.8, 4) is 22.7 Å². The number of aliphatic hydroxyl groups excluding tert-OH is 1. The van der Waals surface area contributed by atoms with Crippen molar-refractivity contribution < 1.29 is 19.4 Å². The van der Waals surface area contributed by atoms with Gasteiger partial charge in [-0.3, -0.25) is 23.7 Å². The van der Waals surface area contributed by atoms with E-state index in [4.69, 9.17) is 4.74 Å². The molecule has 11 heteroatoms. The molecule has 2 N–H and O–H groups in total. The van der Waals surface area contributed by atoms with Crippen LogP contribution in [0.4, 0.5) is 0 Å². The Hall–Kier alpha value is -5.00. The van der Waals surface area contributed by atoms with E-state index in [2.05, 4.69) is 26.2 Å². The topological polar surface area (TPSA) is 119 Å². The van der Waals surface area contributed by atoms with Crippen molar-refractivity contribution in [1.82, 2.24) is 24.3 Å². The van der Waals surface area contributed by atoms with E-state index >= 15 is 0 Å². The molecular weight excluding hydrogens is 674 g/mol. The molecule has 2 amide bonds. The molecule has 0 aliphatic carbocycles. The number of rotatable bonds is 9. The molecule has 2 aromatic heterocycles. The number of aryl methyl sites for hydroxylation is 1. The van der Waals surface area contributed by atoms with Crippen LogP contribution in [0.15, 0.2) is 100 Å². The zero-order valence-corrected chi connectivity index (χ0v) is 28.5. The number of nitrogens with one attached hydrogen (secondary N) is 1. The number of amides is 2. The fourth-order valence-corrected chi connectivity index (χ4v) is 6.17. The lowest BCUT2D eigenvalue weighted by atomic mass is 10.0. The number of carbonyl (C=O) groups is 2. The minimum atomic E-state index is -0.641. The second kappa shape index (κ2) is 14.0. The van der Waals surface area contributed by atoms with Crippen molar-refractivity contribution in [2.75, 3.05) is 6.61 Å². The maximum Gasteiger partial charge on any atom is 0.333 e. The average Bonchev–Trinajstić information content (AvgIpc) is 3.38. The SMILES string of the molecule is Cc1cc(C(=O)N2Cc3c(C(=O)NCc4ccccc4-c4ccccn4)n(-c4ccc(OC[C@H](C)O)cc4)c(=O)n3CC2C)ccc1Br. The number of hydrogen-bond donors (Lipinski definition) is 2. The average molecular weight is 711 g/mol. The first-order valence-electron chi connectivity index (χ1n) is 15.7. The third-order valence-corrected chi connectivity index (χ3v) is 9.30. The van der Waals surface area contributed by atoms with Crippen LogP contribution in [-0.4, -0.2) is 54.7 Å². The predicted octanol–water partition coefficient (Wildman–Crippen LogP) is 5.51. The van der Waals surface area contributed by atoms with E-state index in [1.807, 2.05) is 68.4 Å². The van der Waals surface area contributed by atoms with Gasteiger partial charge in [0.2, 0.25) is 0 Å². The molecule has 3 heterocycles. The van der Waals surface area contributed by atoms with Gasteiger partial charge in [0.25, 0.3) is 11.8 Å². The Morgan fingerprint density at radius 2 is 1.81 bits per heavy atom. The molecule has 0 saturated carbocycles. The Labute approximate surface area is 286 Å². The van der Waals surface area contributed by atoms with Crippen LogP contribution in [0.1, 0.15) is 51.5 Å². The summed E-state index contributed by atoms with van der Waals surface area (Å²) >= 11 is 3.50. The van der Waals surface area contributed by atoms with E-state index in [0.29, 0.717) is 22.7 Å². The number of imidazole rings is 1. The summed E-state index contributed by atoms with van der Waals surface area (Å²) in [6.45, 7) is 6.06. The fraction of sp³-hybridized carbons (Fsp3) is 0.243. The first kappa shape index (κ1) is 32.9. The summed E-state index contributed by atoms with van der Waals surface area (Å²) in [4.78, 5) is 48.4. The first-order chi connectivity index (χ1) is 23.1. The summed E-state index contributed by atoms with van der Waals surface area (Å²) in [6, 6.07) is 25.3. The Balaban J connectivity index is 1.38. The lowest BCUT2D eigenvalue weighted by molar-refractivity contribution is 0.0610. The van der Waals surface area contributed by atoms with E-state index in [1.165, 1.54) is 4.57 Å². The van der Waals surface area contributed by atoms with E-state index in [9.17, 15) is 19.5 Å². The molecule has 2 atom stereocenters. The maximum atomic E-state index is 14.2. The molecule has 0 saturated heterocycles. The molecule has 0 spiro atoms. The van der Waals surface area contributed by atoms with Gasteiger partial charge >= 0.3 is 5.69 Å². The summed E-state index contributed by atoms with van der Waals surface area (Å²) in [5, 5.41) is 12.7. The summed E-state index contributed by atoms with van der Waals surface area (Å²) < 4.78 is 9.52. The Morgan fingerprint density at radius 1 is 1.06 bits per heavy atom. The van der Waals surface area contributed by atoms with Crippen LogP contribution in [0, 0.1) is 6.92 Å². The van der Waals surface area contributed by atoms with Gasteiger partial charge in [0, 0.05) is 40.9 Å². The molecule has 1 aliphatic heterocycles. The molecule has 1 unspecified atom stereocenters. The lowest BCUT2D eigenvalue weighted by Crippen LogP contribution is -2.47. The highest BCUT2D eigenvalue weighted by molar-refractivity contribution is 9.10. The van der Waals surface area contributed by atoms with Gasteiger partial charge in [-0.15, -0.1) is 0 Å². The quantitative estimate of drug-likeness (QED) is 0.209. The summed E-state index contributed by atoms with van der Waals surface area (Å²) in [6.07, 6.45) is 1.08. The number of carbonyl (C=O) groups excluding carboxylic acids is 2. The molecule has 0 bridgehead atoms. The van der Waals surface area contributed by atoms with E-state index < -0.39 is 12.0 Å². The smallest absolute Gasteiger partial charge is 0.333 e. The fourth-order valence-electron chi connectivity index (χ4n) is 5.92. The number of halogens is 1. The number of hydrogen-bond acceptors (Lipinski definition) is 6. The molecule has 6 rings (SSSR count). The van der Waals surface area contributed by atoms with Crippen LogP contribution >= 0.6 is 15.9 Å². The van der Waals surface area contributed by atoms with Crippen LogP contribution in [0.5, 0.6) is 5.75 Å². The minimum absolute atomic E-state index is 0.0697. The van der Waals surface area contributed by atoms with E-state index in [1.54, 1.807) is 52.9 Å². The Morgan fingerprint density at radius 3 is 2.52 bits per heavy atom.